The van der Waals surface area contributed by atoms with Crippen molar-refractivity contribution < 1.29 is 9.53 Å². The molecule has 0 radical (unpaired) electrons. The number of H-pyrrole nitrogens is 1. The average molecular weight is 425 g/mol. The van der Waals surface area contributed by atoms with E-state index in [9.17, 15) is 4.79 Å². The number of nitrogens with one attached hydrogen (secondary N) is 2. The molecule has 0 saturated carbocycles. The molecule has 0 spiro atoms. The van der Waals surface area contributed by atoms with Gasteiger partial charge in [0.15, 0.2) is 5.82 Å². The zero-order valence-electron chi connectivity index (χ0n) is 11.5. The van der Waals surface area contributed by atoms with Crippen molar-refractivity contribution in [3.63, 3.8) is 0 Å². The minimum absolute atomic E-state index is 0.186. The molecule has 2 aliphatic heterocycles. The maximum atomic E-state index is 12.2. The Morgan fingerprint density at radius 2 is 2.00 bits per heavy atom. The molecular formula is C15H11Br2N3O2. The van der Waals surface area contributed by atoms with Crippen LogP contribution in [-0.2, 0) is 9.53 Å². The van der Waals surface area contributed by atoms with Gasteiger partial charge in [-0.2, -0.15) is 5.10 Å². The summed E-state index contributed by atoms with van der Waals surface area (Å²) in [6.45, 7) is 2.23. The molecule has 112 valence electrons. The van der Waals surface area contributed by atoms with Gasteiger partial charge in [0.1, 0.15) is 6.61 Å². The molecule has 1 aromatic carbocycles. The molecular weight excluding hydrogens is 414 g/mol. The van der Waals surface area contributed by atoms with Gasteiger partial charge in [0.25, 0.3) is 0 Å². The number of halogens is 2. The van der Waals surface area contributed by atoms with E-state index in [0.29, 0.717) is 5.57 Å². The van der Waals surface area contributed by atoms with Crippen molar-refractivity contribution in [2.75, 3.05) is 11.9 Å². The van der Waals surface area contributed by atoms with Gasteiger partial charge in [-0.3, -0.25) is 5.10 Å². The molecule has 0 saturated heterocycles. The highest BCUT2D eigenvalue weighted by Crippen LogP contribution is 2.45. The molecule has 7 heteroatoms. The van der Waals surface area contributed by atoms with Crippen LogP contribution in [0.5, 0.6) is 0 Å². The highest BCUT2D eigenvalue weighted by molar-refractivity contribution is 9.11. The summed E-state index contributed by atoms with van der Waals surface area (Å²) in [4.78, 5) is 12.2. The first-order valence-corrected chi connectivity index (χ1v) is 8.31. The molecule has 4 rings (SSSR count). The largest absolute Gasteiger partial charge is 0.456 e. The standard InChI is InChI=1S/C15H11Br2N3O2/c1-6-11-12(7-2-8(16)4-9(17)3-7)13-10(5-22-15(13)21)18-14(11)20-19-6/h2-4,12H,5H2,1H3,(H2,18,19,20). The Morgan fingerprint density at radius 1 is 1.27 bits per heavy atom. The van der Waals surface area contributed by atoms with Crippen LogP contribution in [0, 0.1) is 6.92 Å². The van der Waals surface area contributed by atoms with Gasteiger partial charge in [0.05, 0.1) is 11.3 Å². The van der Waals surface area contributed by atoms with Crippen LogP contribution >= 0.6 is 31.9 Å². The number of aryl methyl sites for hydroxylation is 1. The zero-order valence-corrected chi connectivity index (χ0v) is 14.7. The summed E-state index contributed by atoms with van der Waals surface area (Å²) < 4.78 is 7.12. The molecule has 1 atom stereocenters. The molecule has 1 unspecified atom stereocenters. The van der Waals surface area contributed by atoms with Crippen LogP contribution in [0.15, 0.2) is 38.4 Å². The van der Waals surface area contributed by atoms with Crippen LogP contribution in [0.1, 0.15) is 22.7 Å². The van der Waals surface area contributed by atoms with E-state index in [1.807, 2.05) is 25.1 Å². The fourth-order valence-electron chi connectivity index (χ4n) is 3.06. The Kier molecular flexibility index (Phi) is 3.16. The third kappa shape index (κ3) is 2.03. The van der Waals surface area contributed by atoms with Gasteiger partial charge in [-0.05, 0) is 30.7 Å². The Morgan fingerprint density at radius 3 is 2.73 bits per heavy atom. The minimum atomic E-state index is -0.269. The monoisotopic (exact) mass is 423 g/mol. The van der Waals surface area contributed by atoms with E-state index < -0.39 is 0 Å². The Hall–Kier alpha value is -1.60. The zero-order chi connectivity index (χ0) is 15.4. The maximum absolute atomic E-state index is 12.2. The van der Waals surface area contributed by atoms with Gasteiger partial charge in [-0.15, -0.1) is 0 Å². The summed E-state index contributed by atoms with van der Waals surface area (Å²) in [6.07, 6.45) is 0. The number of carbonyl (C=O) groups excluding carboxylic acids is 1. The SMILES string of the molecule is Cc1[nH]nc2c1C(c1cc(Br)cc(Br)c1)C1=C(COC1=O)N2. The fraction of sp³-hybridized carbons (Fsp3) is 0.200. The molecule has 0 bridgehead atoms. The smallest absolute Gasteiger partial charge is 0.337 e. The van der Waals surface area contributed by atoms with Gasteiger partial charge in [0.2, 0.25) is 0 Å². The summed E-state index contributed by atoms with van der Waals surface area (Å²) in [6, 6.07) is 6.01. The molecule has 22 heavy (non-hydrogen) atoms. The van der Waals surface area contributed by atoms with E-state index >= 15 is 0 Å². The summed E-state index contributed by atoms with van der Waals surface area (Å²) >= 11 is 7.03. The number of anilines is 1. The first-order chi connectivity index (χ1) is 10.5. The lowest BCUT2D eigenvalue weighted by Crippen LogP contribution is -2.19. The van der Waals surface area contributed by atoms with E-state index in [1.165, 1.54) is 0 Å². The third-order valence-electron chi connectivity index (χ3n) is 3.95. The van der Waals surface area contributed by atoms with E-state index in [1.54, 1.807) is 0 Å². The van der Waals surface area contributed by atoms with Crippen LogP contribution in [0.2, 0.25) is 0 Å². The number of carbonyl (C=O) groups is 1. The van der Waals surface area contributed by atoms with Crippen molar-refractivity contribution >= 4 is 43.6 Å². The predicted molar refractivity (Wildman–Crippen MR) is 88.6 cm³/mol. The molecule has 2 aliphatic rings. The molecule has 1 aromatic heterocycles. The van der Waals surface area contributed by atoms with Crippen LogP contribution < -0.4 is 5.32 Å². The normalized spacial score (nSPS) is 19.6. The van der Waals surface area contributed by atoms with Crippen LogP contribution in [-0.4, -0.2) is 22.8 Å². The highest BCUT2D eigenvalue weighted by atomic mass is 79.9. The molecule has 2 aromatic rings. The Labute approximate surface area is 143 Å². The van der Waals surface area contributed by atoms with Crippen molar-refractivity contribution in [3.8, 4) is 0 Å². The quantitative estimate of drug-likeness (QED) is 0.686. The molecule has 5 nitrogen and oxygen atoms in total. The Balaban J connectivity index is 1.97. The van der Waals surface area contributed by atoms with E-state index in [0.717, 1.165) is 37.3 Å². The lowest BCUT2D eigenvalue weighted by molar-refractivity contribution is -0.136. The lowest BCUT2D eigenvalue weighted by Gasteiger charge is -2.24. The number of ether oxygens (including phenoxy) is 1. The van der Waals surface area contributed by atoms with Crippen LogP contribution in [0.4, 0.5) is 5.82 Å². The van der Waals surface area contributed by atoms with Gasteiger partial charge in [-0.1, -0.05) is 31.9 Å². The third-order valence-corrected chi connectivity index (χ3v) is 4.87. The second kappa shape index (κ2) is 4.96. The number of hydrogen-bond acceptors (Lipinski definition) is 4. The van der Waals surface area contributed by atoms with E-state index in [2.05, 4.69) is 47.4 Å². The van der Waals surface area contributed by atoms with Gasteiger partial charge < -0.3 is 10.1 Å². The fourth-order valence-corrected chi connectivity index (χ4v) is 4.39. The van der Waals surface area contributed by atoms with Crippen LogP contribution in [0.3, 0.4) is 0 Å². The number of fused-ring (bicyclic) bond motifs is 1. The number of rotatable bonds is 1. The molecule has 2 N–H and O–H groups in total. The number of aromatic amines is 1. The van der Waals surface area contributed by atoms with Gasteiger partial charge in [0, 0.05) is 26.1 Å². The summed E-state index contributed by atoms with van der Waals surface area (Å²) in [5, 5.41) is 10.5. The molecule has 0 amide bonds. The number of hydrogen-bond donors (Lipinski definition) is 2. The van der Waals surface area contributed by atoms with E-state index in [4.69, 9.17) is 4.74 Å². The van der Waals surface area contributed by atoms with Crippen molar-refractivity contribution in [3.05, 3.63) is 55.2 Å². The first kappa shape index (κ1) is 14.0. The topological polar surface area (TPSA) is 67.0 Å². The van der Waals surface area contributed by atoms with Crippen molar-refractivity contribution in [1.82, 2.24) is 10.2 Å². The number of benzene rings is 1. The first-order valence-electron chi connectivity index (χ1n) is 6.72. The van der Waals surface area contributed by atoms with Crippen molar-refractivity contribution in [2.45, 2.75) is 12.8 Å². The summed E-state index contributed by atoms with van der Waals surface area (Å²) in [5.41, 5.74) is 4.41. The van der Waals surface area contributed by atoms with E-state index in [-0.39, 0.29) is 18.5 Å². The molecule has 3 heterocycles. The predicted octanol–water partition coefficient (Wildman–Crippen LogP) is 3.61. The second-order valence-electron chi connectivity index (χ2n) is 5.34. The molecule has 0 fully saturated rings. The highest BCUT2D eigenvalue weighted by Gasteiger charge is 2.40. The number of esters is 1. The molecule has 0 aliphatic carbocycles. The number of cyclic esters (lactones) is 1. The van der Waals surface area contributed by atoms with Crippen LogP contribution in [0.25, 0.3) is 0 Å². The Bertz CT molecular complexity index is 821. The number of aromatic nitrogens is 2. The van der Waals surface area contributed by atoms with Crippen molar-refractivity contribution in [1.29, 1.82) is 0 Å². The summed E-state index contributed by atoms with van der Waals surface area (Å²) in [7, 11) is 0. The lowest BCUT2D eigenvalue weighted by atomic mass is 9.82. The minimum Gasteiger partial charge on any atom is -0.456 e. The van der Waals surface area contributed by atoms with Crippen molar-refractivity contribution in [2.24, 2.45) is 0 Å². The van der Waals surface area contributed by atoms with Gasteiger partial charge >= 0.3 is 5.97 Å². The maximum Gasteiger partial charge on any atom is 0.337 e. The van der Waals surface area contributed by atoms with Gasteiger partial charge in [-0.25, -0.2) is 4.79 Å². The number of nitrogens with zero attached hydrogens (tertiary/aromatic N) is 1. The average Bonchev–Trinajstić information content (AvgIpc) is 3.00. The summed E-state index contributed by atoms with van der Waals surface area (Å²) in [5.74, 6) is 0.305. The second-order valence-corrected chi connectivity index (χ2v) is 7.17.